The van der Waals surface area contributed by atoms with Crippen molar-refractivity contribution in [2.24, 2.45) is 0 Å². The van der Waals surface area contributed by atoms with Gasteiger partial charge in [0.1, 0.15) is 5.75 Å². The number of nitrogens with one attached hydrogen (secondary N) is 1. The molecule has 0 bridgehead atoms. The molecule has 106 valence electrons. The van der Waals surface area contributed by atoms with Gasteiger partial charge in [-0.1, -0.05) is 45.7 Å². The Kier molecular flexibility index (Phi) is 5.46. The average molecular weight is 355 g/mol. The fraction of sp³-hybridized carbons (Fsp3) is 0.250. The quantitative estimate of drug-likeness (QED) is 0.819. The van der Waals surface area contributed by atoms with E-state index in [0.717, 1.165) is 27.4 Å². The molecule has 0 aliphatic carbocycles. The zero-order valence-electron chi connectivity index (χ0n) is 11.5. The van der Waals surface area contributed by atoms with Crippen molar-refractivity contribution in [1.82, 2.24) is 5.32 Å². The molecule has 0 fully saturated rings. The predicted octanol–water partition coefficient (Wildman–Crippen LogP) is 4.96. The lowest BCUT2D eigenvalue weighted by molar-refractivity contribution is 0.414. The van der Waals surface area contributed by atoms with E-state index in [9.17, 15) is 0 Å². The molecule has 0 radical (unpaired) electrons. The molecular weight excluding hydrogens is 338 g/mol. The van der Waals surface area contributed by atoms with Crippen LogP contribution in [0.1, 0.15) is 24.1 Å². The molecule has 2 nitrogen and oxygen atoms in total. The highest BCUT2D eigenvalue weighted by Crippen LogP contribution is 2.26. The second kappa shape index (κ2) is 7.11. The van der Waals surface area contributed by atoms with Crippen molar-refractivity contribution in [1.29, 1.82) is 0 Å². The van der Waals surface area contributed by atoms with Crippen molar-refractivity contribution in [3.05, 3.63) is 63.1 Å². The van der Waals surface area contributed by atoms with E-state index in [4.69, 9.17) is 16.3 Å². The third-order valence-electron chi connectivity index (χ3n) is 3.18. The van der Waals surface area contributed by atoms with Crippen LogP contribution in [0.3, 0.4) is 0 Å². The van der Waals surface area contributed by atoms with Crippen LogP contribution < -0.4 is 10.1 Å². The second-order valence-corrected chi connectivity index (χ2v) is 5.94. The van der Waals surface area contributed by atoms with Gasteiger partial charge < -0.3 is 10.1 Å². The Morgan fingerprint density at radius 3 is 2.75 bits per heavy atom. The van der Waals surface area contributed by atoms with Gasteiger partial charge in [-0.2, -0.15) is 0 Å². The third kappa shape index (κ3) is 3.98. The molecule has 4 heteroatoms. The first-order valence-corrected chi connectivity index (χ1v) is 7.58. The summed E-state index contributed by atoms with van der Waals surface area (Å²) in [5.74, 6) is 0.874. The Balaban J connectivity index is 2.02. The number of ether oxygens (including phenoxy) is 1. The minimum absolute atomic E-state index is 0.182. The fourth-order valence-corrected chi connectivity index (χ4v) is 2.85. The highest BCUT2D eigenvalue weighted by atomic mass is 79.9. The Morgan fingerprint density at radius 2 is 2.05 bits per heavy atom. The highest BCUT2D eigenvalue weighted by Gasteiger charge is 2.09. The van der Waals surface area contributed by atoms with Gasteiger partial charge in [0.25, 0.3) is 0 Å². The number of halogens is 2. The predicted molar refractivity (Wildman–Crippen MR) is 87.4 cm³/mol. The molecule has 2 rings (SSSR count). The van der Waals surface area contributed by atoms with Gasteiger partial charge >= 0.3 is 0 Å². The summed E-state index contributed by atoms with van der Waals surface area (Å²) in [6, 6.07) is 14.2. The van der Waals surface area contributed by atoms with Crippen LogP contribution in [-0.4, -0.2) is 7.11 Å². The SMILES string of the molecule is COc1cccc(CNC(C)c2ccc(Br)cc2Cl)c1. The molecule has 0 spiro atoms. The maximum absolute atomic E-state index is 6.26. The molecule has 0 amide bonds. The maximum Gasteiger partial charge on any atom is 0.119 e. The smallest absolute Gasteiger partial charge is 0.119 e. The number of benzene rings is 2. The molecule has 0 aliphatic rings. The summed E-state index contributed by atoms with van der Waals surface area (Å²) in [7, 11) is 1.68. The highest BCUT2D eigenvalue weighted by molar-refractivity contribution is 9.10. The van der Waals surface area contributed by atoms with Gasteiger partial charge in [-0.25, -0.2) is 0 Å². The number of methoxy groups -OCH3 is 1. The molecule has 1 unspecified atom stereocenters. The zero-order valence-corrected chi connectivity index (χ0v) is 13.8. The van der Waals surface area contributed by atoms with E-state index in [-0.39, 0.29) is 6.04 Å². The van der Waals surface area contributed by atoms with E-state index in [2.05, 4.69) is 34.2 Å². The summed E-state index contributed by atoms with van der Waals surface area (Å²) < 4.78 is 6.22. The summed E-state index contributed by atoms with van der Waals surface area (Å²) in [4.78, 5) is 0. The van der Waals surface area contributed by atoms with E-state index in [1.165, 1.54) is 5.56 Å². The molecule has 1 atom stereocenters. The van der Waals surface area contributed by atoms with Crippen LogP contribution in [0.15, 0.2) is 46.9 Å². The summed E-state index contributed by atoms with van der Waals surface area (Å²) in [6.07, 6.45) is 0. The summed E-state index contributed by atoms with van der Waals surface area (Å²) in [6.45, 7) is 2.88. The van der Waals surface area contributed by atoms with Crippen molar-refractivity contribution < 1.29 is 4.74 Å². The molecule has 0 aromatic heterocycles. The molecule has 20 heavy (non-hydrogen) atoms. The standard InChI is InChI=1S/C16H17BrClNO/c1-11(15-7-6-13(17)9-16(15)18)19-10-12-4-3-5-14(8-12)20-2/h3-9,11,19H,10H2,1-2H3. The Morgan fingerprint density at radius 1 is 1.25 bits per heavy atom. The largest absolute Gasteiger partial charge is 0.497 e. The van der Waals surface area contributed by atoms with Crippen molar-refractivity contribution in [3.63, 3.8) is 0 Å². The number of rotatable bonds is 5. The van der Waals surface area contributed by atoms with Crippen LogP contribution in [0.25, 0.3) is 0 Å². The van der Waals surface area contributed by atoms with Gasteiger partial charge in [0.15, 0.2) is 0 Å². The number of hydrogen-bond acceptors (Lipinski definition) is 2. The van der Waals surface area contributed by atoms with Crippen molar-refractivity contribution in [3.8, 4) is 5.75 Å². The minimum atomic E-state index is 0.182. The zero-order chi connectivity index (χ0) is 14.5. The lowest BCUT2D eigenvalue weighted by atomic mass is 10.1. The fourth-order valence-electron chi connectivity index (χ4n) is 2.02. The number of hydrogen-bond donors (Lipinski definition) is 1. The monoisotopic (exact) mass is 353 g/mol. The van der Waals surface area contributed by atoms with E-state index < -0.39 is 0 Å². The summed E-state index contributed by atoms with van der Waals surface area (Å²) in [5, 5.41) is 4.24. The lowest BCUT2D eigenvalue weighted by Gasteiger charge is -2.16. The summed E-state index contributed by atoms with van der Waals surface area (Å²) >= 11 is 9.68. The average Bonchev–Trinajstić information content (AvgIpc) is 2.45. The van der Waals surface area contributed by atoms with Crippen molar-refractivity contribution >= 4 is 27.5 Å². The molecule has 1 N–H and O–H groups in total. The van der Waals surface area contributed by atoms with Crippen LogP contribution >= 0.6 is 27.5 Å². The topological polar surface area (TPSA) is 21.3 Å². The molecular formula is C16H17BrClNO. The van der Waals surface area contributed by atoms with E-state index in [1.54, 1.807) is 7.11 Å². The second-order valence-electron chi connectivity index (χ2n) is 4.62. The molecule has 2 aromatic rings. The van der Waals surface area contributed by atoms with Crippen molar-refractivity contribution in [2.75, 3.05) is 7.11 Å². The van der Waals surface area contributed by atoms with Gasteiger partial charge in [-0.15, -0.1) is 0 Å². The van der Waals surface area contributed by atoms with Gasteiger partial charge in [-0.05, 0) is 42.3 Å². The maximum atomic E-state index is 6.26. The minimum Gasteiger partial charge on any atom is -0.497 e. The van der Waals surface area contributed by atoms with Crippen LogP contribution in [-0.2, 0) is 6.54 Å². The third-order valence-corrected chi connectivity index (χ3v) is 4.00. The van der Waals surface area contributed by atoms with E-state index in [0.29, 0.717) is 0 Å². The molecule has 2 aromatic carbocycles. The molecule has 0 saturated carbocycles. The Labute approximate surface area is 133 Å². The van der Waals surface area contributed by atoms with E-state index >= 15 is 0 Å². The first-order chi connectivity index (χ1) is 9.60. The summed E-state index contributed by atoms with van der Waals surface area (Å²) in [5.41, 5.74) is 2.28. The van der Waals surface area contributed by atoms with Gasteiger partial charge in [0.2, 0.25) is 0 Å². The van der Waals surface area contributed by atoms with Gasteiger partial charge in [0.05, 0.1) is 7.11 Å². The van der Waals surface area contributed by atoms with E-state index in [1.807, 2.05) is 36.4 Å². The van der Waals surface area contributed by atoms with Crippen LogP contribution in [0.5, 0.6) is 5.75 Å². The van der Waals surface area contributed by atoms with Crippen molar-refractivity contribution in [2.45, 2.75) is 19.5 Å². The Hall–Kier alpha value is -1.03. The molecule has 0 heterocycles. The first kappa shape index (κ1) is 15.4. The normalized spacial score (nSPS) is 12.2. The Bertz CT molecular complexity index is 588. The molecule has 0 aliphatic heterocycles. The van der Waals surface area contributed by atoms with Gasteiger partial charge in [-0.3, -0.25) is 0 Å². The lowest BCUT2D eigenvalue weighted by Crippen LogP contribution is -2.18. The van der Waals surface area contributed by atoms with Crippen LogP contribution in [0.4, 0.5) is 0 Å². The van der Waals surface area contributed by atoms with Crippen LogP contribution in [0, 0.1) is 0 Å². The van der Waals surface area contributed by atoms with Crippen LogP contribution in [0.2, 0.25) is 5.02 Å². The molecule has 0 saturated heterocycles. The van der Waals surface area contributed by atoms with Gasteiger partial charge in [0, 0.05) is 22.1 Å². The first-order valence-electron chi connectivity index (χ1n) is 6.41.